The standard InChI is InChI=1S/C32H33F3N6O5/c1-19-15-21(16-25(37-19)29(34)35)27-28(20-8-10-22(33)11-9-20)39-31(36)40-30(27)46-18-24-6-4-5-23(38-24)17-41(32(42)43)12-14-45-26-7-2-3-13-44-26/h4-6,8-11,15-16,26,29H,2-3,7,12-14,17-18H2,1H3,(H,42,43)(H2,36,39,40). The maximum absolute atomic E-state index is 13.8. The van der Waals surface area contributed by atoms with E-state index in [4.69, 9.17) is 19.9 Å². The number of benzene rings is 1. The number of hydrogen-bond acceptors (Lipinski definition) is 9. The monoisotopic (exact) mass is 638 g/mol. The van der Waals surface area contributed by atoms with Gasteiger partial charge < -0.3 is 30.0 Å². The van der Waals surface area contributed by atoms with E-state index in [0.29, 0.717) is 34.8 Å². The third kappa shape index (κ3) is 8.46. The quantitative estimate of drug-likeness (QED) is 0.185. The molecule has 1 saturated heterocycles. The Labute approximate surface area is 263 Å². The zero-order chi connectivity index (χ0) is 32.6. The lowest BCUT2D eigenvalue weighted by atomic mass is 9.99. The Morgan fingerprint density at radius 1 is 1.07 bits per heavy atom. The van der Waals surface area contributed by atoms with Crippen molar-refractivity contribution in [2.24, 2.45) is 0 Å². The van der Waals surface area contributed by atoms with E-state index in [9.17, 15) is 23.1 Å². The lowest BCUT2D eigenvalue weighted by molar-refractivity contribution is -0.163. The highest BCUT2D eigenvalue weighted by Gasteiger charge is 2.22. The molecular weight excluding hydrogens is 605 g/mol. The fraction of sp³-hybridized carbons (Fsp3) is 0.344. The summed E-state index contributed by atoms with van der Waals surface area (Å²) in [6.07, 6.45) is -1.53. The second-order valence-corrected chi connectivity index (χ2v) is 10.6. The van der Waals surface area contributed by atoms with Crippen LogP contribution in [0.15, 0.2) is 54.6 Å². The number of carboxylic acid groups (broad SMARTS) is 1. The Morgan fingerprint density at radius 2 is 1.85 bits per heavy atom. The largest absolute Gasteiger partial charge is 0.471 e. The normalized spacial score (nSPS) is 14.8. The predicted molar refractivity (Wildman–Crippen MR) is 161 cm³/mol. The molecule has 5 rings (SSSR count). The fourth-order valence-electron chi connectivity index (χ4n) is 5.00. The summed E-state index contributed by atoms with van der Waals surface area (Å²) in [6.45, 7) is 2.39. The minimum atomic E-state index is -2.84. The second kappa shape index (κ2) is 15.0. The van der Waals surface area contributed by atoms with E-state index in [2.05, 4.69) is 19.9 Å². The molecule has 1 atom stereocenters. The van der Waals surface area contributed by atoms with Gasteiger partial charge in [-0.2, -0.15) is 4.98 Å². The molecule has 0 bridgehead atoms. The topological polar surface area (TPSA) is 146 Å². The molecule has 3 aromatic heterocycles. The van der Waals surface area contributed by atoms with Crippen LogP contribution in [0.1, 0.15) is 48.5 Å². The number of nitrogens with two attached hydrogens (primary N) is 1. The van der Waals surface area contributed by atoms with Crippen LogP contribution in [0.4, 0.5) is 23.9 Å². The number of hydrogen-bond donors (Lipinski definition) is 2. The van der Waals surface area contributed by atoms with E-state index < -0.39 is 24.0 Å². The van der Waals surface area contributed by atoms with E-state index in [1.807, 2.05) is 0 Å². The number of pyridine rings is 2. The maximum atomic E-state index is 13.8. The first kappa shape index (κ1) is 32.6. The molecule has 1 fully saturated rings. The molecule has 1 aromatic carbocycles. The number of aryl methyl sites for hydroxylation is 1. The summed E-state index contributed by atoms with van der Waals surface area (Å²) in [7, 11) is 0. The van der Waals surface area contributed by atoms with Gasteiger partial charge in [0.2, 0.25) is 11.8 Å². The lowest BCUT2D eigenvalue weighted by Gasteiger charge is -2.24. The van der Waals surface area contributed by atoms with Gasteiger partial charge in [0.05, 0.1) is 35.8 Å². The minimum absolute atomic E-state index is 0.00513. The molecule has 242 valence electrons. The summed E-state index contributed by atoms with van der Waals surface area (Å²) < 4.78 is 58.5. The Morgan fingerprint density at radius 3 is 2.57 bits per heavy atom. The first-order chi connectivity index (χ1) is 22.2. The van der Waals surface area contributed by atoms with Crippen molar-refractivity contribution < 1.29 is 37.3 Å². The van der Waals surface area contributed by atoms with Crippen LogP contribution in [0.3, 0.4) is 0 Å². The van der Waals surface area contributed by atoms with Crippen molar-refractivity contribution in [3.8, 4) is 28.3 Å². The number of amides is 1. The lowest BCUT2D eigenvalue weighted by Crippen LogP contribution is -2.34. The van der Waals surface area contributed by atoms with Crippen molar-refractivity contribution in [2.75, 3.05) is 25.5 Å². The van der Waals surface area contributed by atoms with Gasteiger partial charge in [0, 0.05) is 24.4 Å². The third-order valence-corrected chi connectivity index (χ3v) is 7.14. The van der Waals surface area contributed by atoms with Crippen molar-refractivity contribution in [3.05, 3.63) is 83.2 Å². The van der Waals surface area contributed by atoms with Crippen molar-refractivity contribution >= 4 is 12.0 Å². The van der Waals surface area contributed by atoms with Crippen LogP contribution in [0.2, 0.25) is 0 Å². The molecule has 4 aromatic rings. The molecule has 1 amide bonds. The second-order valence-electron chi connectivity index (χ2n) is 10.6. The van der Waals surface area contributed by atoms with Gasteiger partial charge in [-0.05, 0) is 80.3 Å². The SMILES string of the molecule is Cc1cc(-c2c(OCc3cccc(CN(CCOC4CCCCO4)C(=O)O)n3)nc(N)nc2-c2ccc(F)cc2)cc(C(F)F)n1. The number of anilines is 1. The molecule has 0 saturated carbocycles. The summed E-state index contributed by atoms with van der Waals surface area (Å²) in [6, 6.07) is 13.4. The summed E-state index contributed by atoms with van der Waals surface area (Å²) in [5, 5.41) is 9.75. The molecule has 4 heterocycles. The van der Waals surface area contributed by atoms with Crippen molar-refractivity contribution in [2.45, 2.75) is 52.1 Å². The molecule has 11 nitrogen and oxygen atoms in total. The van der Waals surface area contributed by atoms with E-state index in [0.717, 1.165) is 19.3 Å². The van der Waals surface area contributed by atoms with Gasteiger partial charge in [-0.3, -0.25) is 9.97 Å². The Hall–Kier alpha value is -4.82. The highest BCUT2D eigenvalue weighted by atomic mass is 19.3. The van der Waals surface area contributed by atoms with Crippen LogP contribution in [-0.4, -0.2) is 62.1 Å². The average molecular weight is 639 g/mol. The van der Waals surface area contributed by atoms with Crippen molar-refractivity contribution in [3.63, 3.8) is 0 Å². The van der Waals surface area contributed by atoms with E-state index >= 15 is 0 Å². The van der Waals surface area contributed by atoms with Gasteiger partial charge in [-0.25, -0.2) is 22.9 Å². The number of nitrogens with zero attached hydrogens (tertiary/aromatic N) is 5. The molecule has 0 spiro atoms. The van der Waals surface area contributed by atoms with E-state index in [1.54, 1.807) is 31.2 Å². The van der Waals surface area contributed by atoms with Gasteiger partial charge in [0.1, 0.15) is 18.1 Å². The number of rotatable bonds is 12. The molecule has 0 aliphatic carbocycles. The van der Waals surface area contributed by atoms with Gasteiger partial charge in [-0.15, -0.1) is 0 Å². The van der Waals surface area contributed by atoms with Crippen LogP contribution < -0.4 is 10.5 Å². The van der Waals surface area contributed by atoms with Crippen LogP contribution in [0.5, 0.6) is 5.88 Å². The summed E-state index contributed by atoms with van der Waals surface area (Å²) in [5.41, 5.74) is 8.09. The molecule has 14 heteroatoms. The summed E-state index contributed by atoms with van der Waals surface area (Å²) in [4.78, 5) is 30.2. The van der Waals surface area contributed by atoms with Gasteiger partial charge >= 0.3 is 6.09 Å². The smallest absolute Gasteiger partial charge is 0.407 e. The van der Waals surface area contributed by atoms with Gasteiger partial charge in [0.15, 0.2) is 6.29 Å². The summed E-state index contributed by atoms with van der Waals surface area (Å²) >= 11 is 0. The maximum Gasteiger partial charge on any atom is 0.407 e. The molecular formula is C32H33F3N6O5. The van der Waals surface area contributed by atoms with Crippen LogP contribution in [0, 0.1) is 12.7 Å². The molecule has 1 unspecified atom stereocenters. The number of halogens is 3. The fourth-order valence-corrected chi connectivity index (χ4v) is 5.00. The van der Waals surface area contributed by atoms with Crippen molar-refractivity contribution in [1.82, 2.24) is 24.8 Å². The van der Waals surface area contributed by atoms with Crippen LogP contribution in [0.25, 0.3) is 22.4 Å². The average Bonchev–Trinajstić information content (AvgIpc) is 3.03. The first-order valence-electron chi connectivity index (χ1n) is 14.7. The summed E-state index contributed by atoms with van der Waals surface area (Å²) in [5.74, 6) is -0.640. The molecule has 1 aliphatic rings. The molecule has 0 radical (unpaired) electrons. The van der Waals surface area contributed by atoms with Gasteiger partial charge in [-0.1, -0.05) is 6.07 Å². The Kier molecular flexibility index (Phi) is 10.6. The van der Waals surface area contributed by atoms with Crippen LogP contribution >= 0.6 is 0 Å². The first-order valence-corrected chi connectivity index (χ1v) is 14.7. The molecule has 46 heavy (non-hydrogen) atoms. The highest BCUT2D eigenvalue weighted by Crippen LogP contribution is 2.39. The van der Waals surface area contributed by atoms with E-state index in [-0.39, 0.29) is 55.7 Å². The van der Waals surface area contributed by atoms with Crippen molar-refractivity contribution in [1.29, 1.82) is 0 Å². The number of aromatic nitrogens is 4. The van der Waals surface area contributed by atoms with E-state index in [1.165, 1.54) is 35.2 Å². The third-order valence-electron chi connectivity index (χ3n) is 7.14. The minimum Gasteiger partial charge on any atom is -0.471 e. The Balaban J connectivity index is 1.39. The zero-order valence-electron chi connectivity index (χ0n) is 25.0. The predicted octanol–water partition coefficient (Wildman–Crippen LogP) is 6.17. The van der Waals surface area contributed by atoms with Crippen LogP contribution in [-0.2, 0) is 22.6 Å². The molecule has 1 aliphatic heterocycles. The highest BCUT2D eigenvalue weighted by molar-refractivity contribution is 5.85. The number of ether oxygens (including phenoxy) is 3. The zero-order valence-corrected chi connectivity index (χ0v) is 25.0. The number of carbonyl (C=O) groups is 1. The molecule has 3 N–H and O–H groups in total. The Bertz CT molecular complexity index is 1650. The number of alkyl halides is 2. The van der Waals surface area contributed by atoms with Gasteiger partial charge in [0.25, 0.3) is 6.43 Å². The number of nitrogen functional groups attached to an aromatic ring is 1.